The summed E-state index contributed by atoms with van der Waals surface area (Å²) in [7, 11) is 0. The Morgan fingerprint density at radius 2 is 1.83 bits per heavy atom. The van der Waals surface area contributed by atoms with Crippen LogP contribution in [0.25, 0.3) is 0 Å². The normalized spacial score (nSPS) is 22.8. The quantitative estimate of drug-likeness (QED) is 0.519. The number of hydrogen-bond acceptors (Lipinski definition) is 1. The molecule has 0 atom stereocenters. The zero-order valence-electron chi connectivity index (χ0n) is 3.13. The van der Waals surface area contributed by atoms with Crippen molar-refractivity contribution in [3.63, 3.8) is 0 Å². The molecule has 0 spiro atoms. The van der Waals surface area contributed by atoms with Crippen LogP contribution in [0.3, 0.4) is 0 Å². The molecule has 0 amide bonds. The van der Waals surface area contributed by atoms with Gasteiger partial charge >= 0.3 is 49.4 Å². The first-order valence-electron chi connectivity index (χ1n) is 1.61. The molecule has 0 radical (unpaired) electrons. The molecule has 0 saturated carbocycles. The molecule has 1 heterocycles. The molecule has 0 aromatic heterocycles. The van der Waals surface area contributed by atoms with Gasteiger partial charge in [-0.3, -0.25) is 0 Å². The summed E-state index contributed by atoms with van der Waals surface area (Å²) in [6.07, 6.45) is 0. The summed E-state index contributed by atoms with van der Waals surface area (Å²) in [4.78, 5) is 4.44. The molecule has 0 saturated heterocycles. The Morgan fingerprint density at radius 3 is 2.00 bits per heavy atom. The van der Waals surface area contributed by atoms with Crippen LogP contribution >= 0.6 is 0 Å². The molecule has 0 aliphatic carbocycles. The Balaban J connectivity index is 2.32. The average Bonchev–Trinajstić information content (AvgIpc) is 1.86. The van der Waals surface area contributed by atoms with E-state index in [1.54, 1.807) is 0 Å². The Bertz CT molecular complexity index is 63.2. The minimum atomic E-state index is 0.560. The second-order valence-electron chi connectivity index (χ2n) is 0.913. The Hall–Kier alpha value is 0.739. The van der Waals surface area contributed by atoms with E-state index in [1.165, 1.54) is 0 Å². The topological polar surface area (TPSA) is 26.0 Å². The Labute approximate surface area is 49.7 Å². The molecule has 0 unspecified atom stereocenters. The van der Waals surface area contributed by atoms with Crippen LogP contribution in [-0.4, -0.2) is 33.8 Å². The molecule has 34 valence electrons. The van der Waals surface area contributed by atoms with Gasteiger partial charge in [-0.25, -0.2) is 0 Å². The standard InChI is InChI=1S/C3H5NSe2/c4-3-5-1-2-6-3/h1-3H,4H2. The van der Waals surface area contributed by atoms with E-state index in [-0.39, 0.29) is 0 Å². The van der Waals surface area contributed by atoms with Crippen molar-refractivity contribution in [1.29, 1.82) is 0 Å². The van der Waals surface area contributed by atoms with E-state index in [9.17, 15) is 0 Å². The molecule has 0 aromatic rings. The third-order valence-corrected chi connectivity index (χ3v) is 6.13. The predicted molar refractivity (Wildman–Crippen MR) is 28.6 cm³/mol. The van der Waals surface area contributed by atoms with Crippen LogP contribution in [-0.2, 0) is 0 Å². The second-order valence-corrected chi connectivity index (χ2v) is 6.84. The predicted octanol–water partition coefficient (Wildman–Crippen LogP) is -0.878. The molecule has 0 aromatic carbocycles. The van der Waals surface area contributed by atoms with E-state index in [2.05, 4.69) is 9.95 Å². The van der Waals surface area contributed by atoms with Gasteiger partial charge in [0.25, 0.3) is 0 Å². The fraction of sp³-hybridized carbons (Fsp3) is 0.333. The van der Waals surface area contributed by atoms with E-state index in [1.807, 2.05) is 0 Å². The van der Waals surface area contributed by atoms with Crippen molar-refractivity contribution in [1.82, 2.24) is 0 Å². The van der Waals surface area contributed by atoms with Crippen LogP contribution in [0.5, 0.6) is 0 Å². The van der Waals surface area contributed by atoms with Gasteiger partial charge in [-0.2, -0.15) is 0 Å². The SMILES string of the molecule is NC1[Se]C=C[Se]1. The summed E-state index contributed by atoms with van der Waals surface area (Å²) in [5.41, 5.74) is 5.53. The average molecular weight is 213 g/mol. The van der Waals surface area contributed by atoms with Crippen LogP contribution in [0, 0.1) is 0 Å². The second kappa shape index (κ2) is 2.15. The van der Waals surface area contributed by atoms with Crippen molar-refractivity contribution >= 4 is 29.9 Å². The monoisotopic (exact) mass is 215 g/mol. The molecule has 1 aliphatic rings. The van der Waals surface area contributed by atoms with Gasteiger partial charge in [0.1, 0.15) is 0 Å². The summed E-state index contributed by atoms with van der Waals surface area (Å²) >= 11 is 1.31. The summed E-state index contributed by atoms with van der Waals surface area (Å²) in [5, 5.41) is 0. The molecule has 2 N–H and O–H groups in total. The van der Waals surface area contributed by atoms with Crippen LogP contribution in [0.2, 0.25) is 0 Å². The summed E-state index contributed by atoms with van der Waals surface area (Å²) in [6.45, 7) is 0. The summed E-state index contributed by atoms with van der Waals surface area (Å²) in [5.74, 6) is 0. The van der Waals surface area contributed by atoms with Gasteiger partial charge in [0, 0.05) is 0 Å². The number of rotatable bonds is 0. The molecule has 3 heteroatoms. The van der Waals surface area contributed by atoms with Gasteiger partial charge in [-0.05, 0) is 0 Å². The van der Waals surface area contributed by atoms with E-state index in [4.69, 9.17) is 5.73 Å². The van der Waals surface area contributed by atoms with Crippen molar-refractivity contribution in [2.24, 2.45) is 5.73 Å². The van der Waals surface area contributed by atoms with E-state index in [0.29, 0.717) is 33.8 Å². The molecule has 1 nitrogen and oxygen atoms in total. The first kappa shape index (κ1) is 4.89. The van der Waals surface area contributed by atoms with Gasteiger partial charge in [0.05, 0.1) is 0 Å². The molecule has 6 heavy (non-hydrogen) atoms. The Kier molecular flexibility index (Phi) is 1.75. The maximum absolute atomic E-state index is 5.53. The van der Waals surface area contributed by atoms with Crippen molar-refractivity contribution in [2.45, 2.75) is 3.84 Å². The summed E-state index contributed by atoms with van der Waals surface area (Å²) < 4.78 is 0.560. The van der Waals surface area contributed by atoms with Gasteiger partial charge in [0.15, 0.2) is 0 Å². The van der Waals surface area contributed by atoms with Gasteiger partial charge in [0.2, 0.25) is 0 Å². The van der Waals surface area contributed by atoms with Crippen LogP contribution < -0.4 is 5.73 Å². The molecule has 1 aliphatic heterocycles. The first-order chi connectivity index (χ1) is 2.89. The first-order valence-corrected chi connectivity index (χ1v) is 5.57. The summed E-state index contributed by atoms with van der Waals surface area (Å²) in [6, 6.07) is 0. The third-order valence-electron chi connectivity index (χ3n) is 0.481. The number of hydrogen-bond donors (Lipinski definition) is 1. The molecule has 1 rings (SSSR count). The number of nitrogens with two attached hydrogens (primary N) is 1. The van der Waals surface area contributed by atoms with Crippen molar-refractivity contribution in [3.05, 3.63) is 9.95 Å². The van der Waals surface area contributed by atoms with E-state index < -0.39 is 0 Å². The van der Waals surface area contributed by atoms with E-state index >= 15 is 0 Å². The van der Waals surface area contributed by atoms with Crippen molar-refractivity contribution < 1.29 is 0 Å². The van der Waals surface area contributed by atoms with E-state index in [0.717, 1.165) is 0 Å². The minimum absolute atomic E-state index is 0.560. The zero-order valence-corrected chi connectivity index (χ0v) is 6.55. The fourth-order valence-electron chi connectivity index (χ4n) is 0.251. The van der Waals surface area contributed by atoms with Gasteiger partial charge < -0.3 is 0 Å². The van der Waals surface area contributed by atoms with Crippen molar-refractivity contribution in [3.8, 4) is 0 Å². The van der Waals surface area contributed by atoms with Crippen LogP contribution in [0.1, 0.15) is 0 Å². The molecule has 0 fully saturated rings. The Morgan fingerprint density at radius 1 is 1.33 bits per heavy atom. The molecular formula is C3H5NSe2. The van der Waals surface area contributed by atoms with Crippen molar-refractivity contribution in [2.75, 3.05) is 0 Å². The van der Waals surface area contributed by atoms with Crippen LogP contribution in [0.4, 0.5) is 0 Å². The zero-order chi connectivity index (χ0) is 4.41. The third kappa shape index (κ3) is 1.11. The molecular weight excluding hydrogens is 208 g/mol. The van der Waals surface area contributed by atoms with Gasteiger partial charge in [-0.1, -0.05) is 0 Å². The fourth-order valence-corrected chi connectivity index (χ4v) is 4.80. The molecule has 0 bridgehead atoms. The van der Waals surface area contributed by atoms with Crippen LogP contribution in [0.15, 0.2) is 9.95 Å². The maximum atomic E-state index is 5.53. The van der Waals surface area contributed by atoms with Gasteiger partial charge in [-0.15, -0.1) is 0 Å².